The van der Waals surface area contributed by atoms with E-state index in [1.807, 2.05) is 38.1 Å². The van der Waals surface area contributed by atoms with E-state index in [4.69, 9.17) is 11.6 Å². The molecule has 140 valence electrons. The molecule has 0 radical (unpaired) electrons. The van der Waals surface area contributed by atoms with Crippen molar-refractivity contribution in [2.24, 2.45) is 7.05 Å². The third-order valence-electron chi connectivity index (χ3n) is 4.55. The molecule has 3 rings (SSSR count). The lowest BCUT2D eigenvalue weighted by Crippen LogP contribution is -2.37. The maximum atomic E-state index is 12.7. The van der Waals surface area contributed by atoms with Crippen LogP contribution in [0.3, 0.4) is 0 Å². The summed E-state index contributed by atoms with van der Waals surface area (Å²) in [6.45, 7) is 3.99. The number of aromatic nitrogens is 2. The number of halogens is 1. The minimum atomic E-state index is -0.608. The molecule has 0 aliphatic rings. The Balaban J connectivity index is 1.84. The number of carbonyl (C=O) groups is 1. The van der Waals surface area contributed by atoms with Gasteiger partial charge in [-0.05, 0) is 17.7 Å². The number of carbonyl (C=O) groups excluding carboxylic acids is 1. The molecule has 0 aliphatic carbocycles. The SMILES string of the molecule is Cn1nc(C(=O)NCC(C)(C)c2cc([N+](=O)[O-])ccc2Cl)c2ccccc21. The predicted molar refractivity (Wildman–Crippen MR) is 104 cm³/mol. The summed E-state index contributed by atoms with van der Waals surface area (Å²) >= 11 is 6.25. The van der Waals surface area contributed by atoms with Crippen LogP contribution in [0.25, 0.3) is 10.9 Å². The van der Waals surface area contributed by atoms with Crippen LogP contribution in [0.2, 0.25) is 5.02 Å². The molecule has 0 aliphatic heterocycles. The fraction of sp³-hybridized carbons (Fsp3) is 0.263. The number of nitro groups is 1. The quantitative estimate of drug-likeness (QED) is 0.532. The van der Waals surface area contributed by atoms with Gasteiger partial charge in [0.1, 0.15) is 0 Å². The number of aryl methyl sites for hydroxylation is 1. The number of fused-ring (bicyclic) bond motifs is 1. The van der Waals surface area contributed by atoms with Crippen molar-refractivity contribution in [2.45, 2.75) is 19.3 Å². The van der Waals surface area contributed by atoms with Gasteiger partial charge in [0.05, 0.1) is 10.4 Å². The maximum Gasteiger partial charge on any atom is 0.272 e. The third-order valence-corrected chi connectivity index (χ3v) is 4.88. The van der Waals surface area contributed by atoms with E-state index in [1.54, 1.807) is 11.7 Å². The lowest BCUT2D eigenvalue weighted by molar-refractivity contribution is -0.385. The highest BCUT2D eigenvalue weighted by atomic mass is 35.5. The third kappa shape index (κ3) is 3.64. The Morgan fingerprint density at radius 3 is 2.70 bits per heavy atom. The predicted octanol–water partition coefficient (Wildman–Crippen LogP) is 3.84. The average molecular weight is 387 g/mol. The second-order valence-corrected chi connectivity index (χ2v) is 7.38. The van der Waals surface area contributed by atoms with Gasteiger partial charge >= 0.3 is 0 Å². The molecule has 0 saturated heterocycles. The number of amides is 1. The molecule has 1 N–H and O–H groups in total. The first-order valence-corrected chi connectivity index (χ1v) is 8.73. The molecule has 0 spiro atoms. The number of hydrogen-bond acceptors (Lipinski definition) is 4. The minimum absolute atomic E-state index is 0.0375. The molecule has 0 bridgehead atoms. The average Bonchev–Trinajstić information content (AvgIpc) is 2.97. The molecule has 0 unspecified atom stereocenters. The van der Waals surface area contributed by atoms with Gasteiger partial charge in [-0.2, -0.15) is 5.10 Å². The second-order valence-electron chi connectivity index (χ2n) is 6.98. The second kappa shape index (κ2) is 7.00. The molecule has 7 nitrogen and oxygen atoms in total. The molecular weight excluding hydrogens is 368 g/mol. The molecule has 1 heterocycles. The summed E-state index contributed by atoms with van der Waals surface area (Å²) in [5.41, 5.74) is 1.16. The smallest absolute Gasteiger partial charge is 0.272 e. The summed E-state index contributed by atoms with van der Waals surface area (Å²) < 4.78 is 1.66. The van der Waals surface area contributed by atoms with E-state index in [0.29, 0.717) is 16.3 Å². The van der Waals surface area contributed by atoms with Crippen molar-refractivity contribution in [1.29, 1.82) is 0 Å². The highest BCUT2D eigenvalue weighted by molar-refractivity contribution is 6.31. The molecule has 0 atom stereocenters. The van der Waals surface area contributed by atoms with E-state index in [1.165, 1.54) is 18.2 Å². The molecule has 8 heteroatoms. The summed E-state index contributed by atoms with van der Waals surface area (Å²) in [7, 11) is 1.78. The lowest BCUT2D eigenvalue weighted by Gasteiger charge is -2.26. The van der Waals surface area contributed by atoms with Gasteiger partial charge in [-0.1, -0.05) is 43.6 Å². The van der Waals surface area contributed by atoms with Crippen LogP contribution in [0.1, 0.15) is 29.9 Å². The number of nitro benzene ring substituents is 1. The number of nitrogens with one attached hydrogen (secondary N) is 1. The van der Waals surface area contributed by atoms with E-state index in [-0.39, 0.29) is 18.1 Å². The van der Waals surface area contributed by atoms with Gasteiger partial charge in [0.15, 0.2) is 5.69 Å². The summed E-state index contributed by atoms with van der Waals surface area (Å²) in [5.74, 6) is -0.304. The van der Waals surface area contributed by atoms with Crippen molar-refractivity contribution in [2.75, 3.05) is 6.54 Å². The van der Waals surface area contributed by atoms with E-state index >= 15 is 0 Å². The van der Waals surface area contributed by atoms with Gasteiger partial charge in [-0.25, -0.2) is 0 Å². The van der Waals surface area contributed by atoms with Crippen molar-refractivity contribution in [3.05, 3.63) is 68.9 Å². The number of nitrogens with zero attached hydrogens (tertiary/aromatic N) is 3. The molecule has 27 heavy (non-hydrogen) atoms. The Hall–Kier alpha value is -2.93. The summed E-state index contributed by atoms with van der Waals surface area (Å²) in [6, 6.07) is 11.8. The van der Waals surface area contributed by atoms with Gasteiger partial charge in [-0.15, -0.1) is 0 Å². The first kappa shape index (κ1) is 18.8. The van der Waals surface area contributed by atoms with Crippen LogP contribution < -0.4 is 5.32 Å². The number of rotatable bonds is 5. The van der Waals surface area contributed by atoms with Crippen LogP contribution in [0, 0.1) is 10.1 Å². The Kier molecular flexibility index (Phi) is 4.89. The van der Waals surface area contributed by atoms with E-state index in [2.05, 4.69) is 10.4 Å². The number of para-hydroxylation sites is 1. The normalized spacial score (nSPS) is 11.6. The van der Waals surface area contributed by atoms with Crippen LogP contribution in [-0.4, -0.2) is 27.2 Å². The monoisotopic (exact) mass is 386 g/mol. The Morgan fingerprint density at radius 1 is 1.30 bits per heavy atom. The van der Waals surface area contributed by atoms with Crippen LogP contribution in [-0.2, 0) is 12.5 Å². The van der Waals surface area contributed by atoms with E-state index in [9.17, 15) is 14.9 Å². The molecule has 0 fully saturated rings. The van der Waals surface area contributed by atoms with Crippen LogP contribution in [0.15, 0.2) is 42.5 Å². The summed E-state index contributed by atoms with van der Waals surface area (Å²) in [5, 5.41) is 19.4. The standard InChI is InChI=1S/C19H19ClN4O3/c1-19(2,14-10-12(24(26)27)8-9-15(14)20)11-21-18(25)17-13-6-4-5-7-16(13)23(3)22-17/h4-10H,11H2,1-3H3,(H,21,25). The fourth-order valence-electron chi connectivity index (χ4n) is 3.01. The number of benzene rings is 2. The topological polar surface area (TPSA) is 90.1 Å². The van der Waals surface area contributed by atoms with Gasteiger partial charge in [0, 0.05) is 41.5 Å². The van der Waals surface area contributed by atoms with Crippen molar-refractivity contribution >= 4 is 34.1 Å². The Morgan fingerprint density at radius 2 is 2.00 bits per heavy atom. The van der Waals surface area contributed by atoms with E-state index < -0.39 is 10.3 Å². The van der Waals surface area contributed by atoms with Gasteiger partial charge in [-0.3, -0.25) is 19.6 Å². The first-order chi connectivity index (χ1) is 12.7. The van der Waals surface area contributed by atoms with Gasteiger partial charge in [0.2, 0.25) is 0 Å². The summed E-state index contributed by atoms with van der Waals surface area (Å²) in [6.07, 6.45) is 0. The number of hydrogen-bond donors (Lipinski definition) is 1. The van der Waals surface area contributed by atoms with Crippen LogP contribution in [0.4, 0.5) is 5.69 Å². The Labute approximate surface area is 161 Å². The van der Waals surface area contributed by atoms with Crippen molar-refractivity contribution in [1.82, 2.24) is 15.1 Å². The zero-order valence-corrected chi connectivity index (χ0v) is 15.9. The Bertz CT molecular complexity index is 1040. The number of non-ortho nitro benzene ring substituents is 1. The van der Waals surface area contributed by atoms with Gasteiger partial charge < -0.3 is 5.32 Å². The zero-order valence-electron chi connectivity index (χ0n) is 15.2. The molecule has 3 aromatic rings. The minimum Gasteiger partial charge on any atom is -0.350 e. The first-order valence-electron chi connectivity index (χ1n) is 8.35. The molecule has 2 aromatic carbocycles. The van der Waals surface area contributed by atoms with E-state index in [0.717, 1.165) is 10.9 Å². The fourth-order valence-corrected chi connectivity index (χ4v) is 3.38. The molecule has 1 aromatic heterocycles. The van der Waals surface area contributed by atoms with Crippen LogP contribution in [0.5, 0.6) is 0 Å². The molecule has 0 saturated carbocycles. The lowest BCUT2D eigenvalue weighted by atomic mass is 9.84. The highest BCUT2D eigenvalue weighted by Gasteiger charge is 2.27. The molecular formula is C19H19ClN4O3. The highest BCUT2D eigenvalue weighted by Crippen LogP contribution is 2.32. The molecule has 1 amide bonds. The van der Waals surface area contributed by atoms with Crippen molar-refractivity contribution < 1.29 is 9.72 Å². The van der Waals surface area contributed by atoms with Crippen molar-refractivity contribution in [3.63, 3.8) is 0 Å². The largest absolute Gasteiger partial charge is 0.350 e. The summed E-state index contributed by atoms with van der Waals surface area (Å²) in [4.78, 5) is 23.3. The maximum absolute atomic E-state index is 12.7. The van der Waals surface area contributed by atoms with Gasteiger partial charge in [0.25, 0.3) is 11.6 Å². The van der Waals surface area contributed by atoms with Crippen LogP contribution >= 0.6 is 11.6 Å². The van der Waals surface area contributed by atoms with Crippen molar-refractivity contribution in [3.8, 4) is 0 Å². The zero-order chi connectivity index (χ0) is 19.8.